The molecular formula is C24H31NO4S. The maximum Gasteiger partial charge on any atom is 0.408 e. The van der Waals surface area contributed by atoms with Gasteiger partial charge in [-0.25, -0.2) is 9.59 Å². The highest BCUT2D eigenvalue weighted by molar-refractivity contribution is 7.99. The number of ether oxygens (including phenoxy) is 2. The van der Waals surface area contributed by atoms with Crippen molar-refractivity contribution in [2.75, 3.05) is 0 Å². The van der Waals surface area contributed by atoms with Crippen molar-refractivity contribution in [3.63, 3.8) is 0 Å². The topological polar surface area (TPSA) is 64.6 Å². The zero-order chi connectivity index (χ0) is 22.3. The van der Waals surface area contributed by atoms with Gasteiger partial charge in [-0.3, -0.25) is 0 Å². The van der Waals surface area contributed by atoms with Gasteiger partial charge in [0.05, 0.1) is 5.25 Å². The van der Waals surface area contributed by atoms with Crippen LogP contribution in [0.5, 0.6) is 0 Å². The number of aryl methyl sites for hydroxylation is 1. The van der Waals surface area contributed by atoms with Crippen LogP contribution in [0.4, 0.5) is 4.79 Å². The Bertz CT molecular complexity index is 831. The van der Waals surface area contributed by atoms with Crippen LogP contribution in [0.2, 0.25) is 0 Å². The first kappa shape index (κ1) is 23.8. The standard InChI is InChI=1S/C24H31NO4S/c1-16-12-14-20(15-13-16)30-21(19-10-8-7-9-11-19)18(3)28-22(26)17(2)25-23(27)29-24(4,5)6/h7-15,17-18,21H,1-6H3,(H,25,27)/t17-,18-,21-/m0/s1. The van der Waals surface area contributed by atoms with Gasteiger partial charge in [0.1, 0.15) is 17.7 Å². The van der Waals surface area contributed by atoms with Crippen molar-refractivity contribution in [2.45, 2.75) is 69.4 Å². The summed E-state index contributed by atoms with van der Waals surface area (Å²) < 4.78 is 10.9. The van der Waals surface area contributed by atoms with Crippen molar-refractivity contribution in [2.24, 2.45) is 0 Å². The SMILES string of the molecule is Cc1ccc(S[C@H](c2ccccc2)[C@H](C)OC(=O)[C@H](C)NC(=O)OC(C)(C)C)cc1. The number of carbonyl (C=O) groups is 2. The van der Waals surface area contributed by atoms with Gasteiger partial charge in [0, 0.05) is 4.90 Å². The normalized spacial score (nSPS) is 14.3. The Morgan fingerprint density at radius 2 is 1.57 bits per heavy atom. The fraction of sp³-hybridized carbons (Fsp3) is 0.417. The molecule has 0 aliphatic carbocycles. The molecule has 162 valence electrons. The summed E-state index contributed by atoms with van der Waals surface area (Å²) in [6, 6.07) is 17.4. The molecule has 0 aliphatic heterocycles. The molecule has 0 bridgehead atoms. The van der Waals surface area contributed by atoms with Crippen molar-refractivity contribution in [3.8, 4) is 0 Å². The second-order valence-electron chi connectivity index (χ2n) is 8.27. The minimum absolute atomic E-state index is 0.0911. The molecule has 0 unspecified atom stereocenters. The molecule has 1 amide bonds. The van der Waals surface area contributed by atoms with Crippen molar-refractivity contribution < 1.29 is 19.1 Å². The van der Waals surface area contributed by atoms with Crippen molar-refractivity contribution in [1.29, 1.82) is 0 Å². The second-order valence-corrected chi connectivity index (χ2v) is 9.49. The van der Waals surface area contributed by atoms with Crippen molar-refractivity contribution >= 4 is 23.8 Å². The number of thioether (sulfide) groups is 1. The van der Waals surface area contributed by atoms with Gasteiger partial charge in [-0.15, -0.1) is 11.8 Å². The molecule has 1 N–H and O–H groups in total. The van der Waals surface area contributed by atoms with Gasteiger partial charge < -0.3 is 14.8 Å². The second kappa shape index (κ2) is 10.5. The number of carbonyl (C=O) groups excluding carboxylic acids is 2. The third-order valence-electron chi connectivity index (χ3n) is 4.23. The zero-order valence-electron chi connectivity index (χ0n) is 18.5. The molecule has 6 heteroatoms. The first-order valence-corrected chi connectivity index (χ1v) is 10.9. The fourth-order valence-electron chi connectivity index (χ4n) is 2.73. The summed E-state index contributed by atoms with van der Waals surface area (Å²) in [6.07, 6.45) is -1.05. The maximum absolute atomic E-state index is 12.6. The van der Waals surface area contributed by atoms with E-state index in [0.29, 0.717) is 0 Å². The highest BCUT2D eigenvalue weighted by Crippen LogP contribution is 2.39. The Hall–Kier alpha value is -2.47. The van der Waals surface area contributed by atoms with Crippen LogP contribution in [0, 0.1) is 6.92 Å². The molecule has 30 heavy (non-hydrogen) atoms. The summed E-state index contributed by atoms with van der Waals surface area (Å²) in [6.45, 7) is 10.8. The average Bonchev–Trinajstić information content (AvgIpc) is 2.66. The predicted molar refractivity (Wildman–Crippen MR) is 121 cm³/mol. The van der Waals surface area contributed by atoms with E-state index < -0.39 is 29.8 Å². The van der Waals surface area contributed by atoms with Crippen LogP contribution in [-0.4, -0.2) is 29.8 Å². The Labute approximate surface area is 183 Å². The first-order chi connectivity index (χ1) is 14.0. The number of alkyl carbamates (subject to hydrolysis) is 1. The van der Waals surface area contributed by atoms with Crippen molar-refractivity contribution in [1.82, 2.24) is 5.32 Å². The minimum atomic E-state index is -0.817. The Balaban J connectivity index is 2.08. The average molecular weight is 430 g/mol. The number of hydrogen-bond acceptors (Lipinski definition) is 5. The Kier molecular flexibility index (Phi) is 8.35. The number of nitrogens with one attached hydrogen (secondary N) is 1. The summed E-state index contributed by atoms with van der Waals surface area (Å²) >= 11 is 1.64. The smallest absolute Gasteiger partial charge is 0.408 e. The molecule has 0 aliphatic rings. The van der Waals surface area contributed by atoms with E-state index in [-0.39, 0.29) is 5.25 Å². The van der Waals surface area contributed by atoms with E-state index >= 15 is 0 Å². The maximum atomic E-state index is 12.6. The molecule has 2 aromatic carbocycles. The molecule has 0 fully saturated rings. The monoisotopic (exact) mass is 429 g/mol. The van der Waals surface area contributed by atoms with Crippen LogP contribution in [0.25, 0.3) is 0 Å². The lowest BCUT2D eigenvalue weighted by Gasteiger charge is -2.26. The summed E-state index contributed by atoms with van der Waals surface area (Å²) in [5.74, 6) is -0.501. The van der Waals surface area contributed by atoms with E-state index in [1.54, 1.807) is 39.5 Å². The molecule has 2 aromatic rings. The fourth-order valence-corrected chi connectivity index (χ4v) is 3.86. The number of benzene rings is 2. The van der Waals surface area contributed by atoms with Crippen LogP contribution >= 0.6 is 11.8 Å². The van der Waals surface area contributed by atoms with E-state index in [9.17, 15) is 9.59 Å². The van der Waals surface area contributed by atoms with E-state index in [4.69, 9.17) is 9.47 Å². The molecule has 0 aromatic heterocycles. The molecule has 0 spiro atoms. The Morgan fingerprint density at radius 1 is 0.967 bits per heavy atom. The predicted octanol–water partition coefficient (Wildman–Crippen LogP) is 5.67. The van der Waals surface area contributed by atoms with Crippen LogP contribution < -0.4 is 5.32 Å². The van der Waals surface area contributed by atoms with Crippen LogP contribution in [-0.2, 0) is 14.3 Å². The first-order valence-electron chi connectivity index (χ1n) is 10.0. The molecule has 3 atom stereocenters. The zero-order valence-corrected chi connectivity index (χ0v) is 19.3. The molecule has 0 radical (unpaired) electrons. The lowest BCUT2D eigenvalue weighted by molar-refractivity contribution is -0.150. The van der Waals surface area contributed by atoms with Crippen molar-refractivity contribution in [3.05, 3.63) is 65.7 Å². The molecule has 5 nitrogen and oxygen atoms in total. The molecule has 0 heterocycles. The van der Waals surface area contributed by atoms with Crippen LogP contribution in [0.1, 0.15) is 51.0 Å². The lowest BCUT2D eigenvalue weighted by atomic mass is 10.1. The third-order valence-corrected chi connectivity index (χ3v) is 5.68. The van der Waals surface area contributed by atoms with Gasteiger partial charge in [0.15, 0.2) is 0 Å². The highest BCUT2D eigenvalue weighted by Gasteiger charge is 2.28. The quantitative estimate of drug-likeness (QED) is 0.453. The molecule has 0 saturated heterocycles. The highest BCUT2D eigenvalue weighted by atomic mass is 32.2. The molecule has 0 saturated carbocycles. The molecule has 2 rings (SSSR count). The van der Waals surface area contributed by atoms with Gasteiger partial charge >= 0.3 is 12.1 Å². The number of rotatable bonds is 7. The third kappa shape index (κ3) is 7.75. The van der Waals surface area contributed by atoms with E-state index in [1.165, 1.54) is 5.56 Å². The summed E-state index contributed by atoms with van der Waals surface area (Å²) in [4.78, 5) is 25.6. The number of amides is 1. The van der Waals surface area contributed by atoms with E-state index in [2.05, 4.69) is 29.6 Å². The van der Waals surface area contributed by atoms with Gasteiger partial charge in [-0.05, 0) is 59.2 Å². The molecular weight excluding hydrogens is 398 g/mol. The van der Waals surface area contributed by atoms with Gasteiger partial charge in [0.25, 0.3) is 0 Å². The van der Waals surface area contributed by atoms with E-state index in [1.807, 2.05) is 44.2 Å². The van der Waals surface area contributed by atoms with Gasteiger partial charge in [0.2, 0.25) is 0 Å². The van der Waals surface area contributed by atoms with Gasteiger partial charge in [-0.2, -0.15) is 0 Å². The van der Waals surface area contributed by atoms with E-state index in [0.717, 1.165) is 10.5 Å². The number of esters is 1. The summed E-state index contributed by atoms with van der Waals surface area (Å²) in [7, 11) is 0. The van der Waals surface area contributed by atoms with Crippen LogP contribution in [0.15, 0.2) is 59.5 Å². The lowest BCUT2D eigenvalue weighted by Crippen LogP contribution is -2.43. The number of hydrogen-bond donors (Lipinski definition) is 1. The van der Waals surface area contributed by atoms with Crippen LogP contribution in [0.3, 0.4) is 0 Å². The largest absolute Gasteiger partial charge is 0.460 e. The Morgan fingerprint density at radius 3 is 2.13 bits per heavy atom. The minimum Gasteiger partial charge on any atom is -0.460 e. The van der Waals surface area contributed by atoms with Gasteiger partial charge in [-0.1, -0.05) is 48.0 Å². The summed E-state index contributed by atoms with van der Waals surface area (Å²) in [5.41, 5.74) is 1.62. The summed E-state index contributed by atoms with van der Waals surface area (Å²) in [5, 5.41) is 2.44.